The Balaban J connectivity index is 0.000000339. The molecule has 168 valence electrons. The van der Waals surface area contributed by atoms with Crippen molar-refractivity contribution in [2.45, 2.75) is 44.1 Å². The molecule has 2 unspecified atom stereocenters. The first kappa shape index (κ1) is 22.9. The van der Waals surface area contributed by atoms with Crippen LogP contribution in [0.15, 0.2) is 36.8 Å². The number of nitrogens with one attached hydrogen (secondary N) is 1. The van der Waals surface area contributed by atoms with E-state index in [4.69, 9.17) is 14.6 Å². The Bertz CT molecular complexity index is 884. The predicted octanol–water partition coefficient (Wildman–Crippen LogP) is 2.66. The lowest BCUT2D eigenvalue weighted by molar-refractivity contribution is -0.192. The second-order valence-corrected chi connectivity index (χ2v) is 7.66. The van der Waals surface area contributed by atoms with Gasteiger partial charge in [0.2, 0.25) is 0 Å². The van der Waals surface area contributed by atoms with Crippen LogP contribution in [-0.4, -0.2) is 68.4 Å². The van der Waals surface area contributed by atoms with Gasteiger partial charge in [-0.05, 0) is 25.5 Å². The van der Waals surface area contributed by atoms with Crippen LogP contribution in [0.1, 0.15) is 24.2 Å². The summed E-state index contributed by atoms with van der Waals surface area (Å²) in [6.45, 7) is 5.70. The number of alkyl halides is 3. The molecule has 2 N–H and O–H groups in total. The fraction of sp³-hybridized carbons (Fsp3) is 0.500. The van der Waals surface area contributed by atoms with Crippen LogP contribution in [0.3, 0.4) is 0 Å². The molecule has 1 spiro atoms. The maximum atomic E-state index is 10.6. The number of carboxylic acid groups (broad SMARTS) is 1. The molecule has 0 radical (unpaired) electrons. The molecule has 0 bridgehead atoms. The second kappa shape index (κ2) is 9.56. The zero-order chi connectivity index (χ0) is 22.5. The van der Waals surface area contributed by atoms with Gasteiger partial charge in [-0.15, -0.1) is 0 Å². The van der Waals surface area contributed by atoms with E-state index < -0.39 is 12.1 Å². The Kier molecular flexibility index (Phi) is 7.06. The number of ether oxygens (including phenoxy) is 1. The molecule has 4 heterocycles. The summed E-state index contributed by atoms with van der Waals surface area (Å²) in [6.07, 6.45) is 2.17. The molecule has 2 aliphatic rings. The number of anilines is 1. The summed E-state index contributed by atoms with van der Waals surface area (Å²) in [5.41, 5.74) is 2.19. The van der Waals surface area contributed by atoms with E-state index in [0.717, 1.165) is 56.3 Å². The van der Waals surface area contributed by atoms with Crippen molar-refractivity contribution in [1.82, 2.24) is 19.9 Å². The topological polar surface area (TPSA) is 100 Å². The van der Waals surface area contributed by atoms with E-state index in [1.54, 1.807) is 18.6 Å². The van der Waals surface area contributed by atoms with Crippen LogP contribution in [0.25, 0.3) is 0 Å². The number of aliphatic carboxylic acids is 1. The van der Waals surface area contributed by atoms with Crippen LogP contribution in [0.5, 0.6) is 0 Å². The van der Waals surface area contributed by atoms with E-state index in [1.165, 1.54) is 0 Å². The fourth-order valence-corrected chi connectivity index (χ4v) is 3.78. The van der Waals surface area contributed by atoms with E-state index in [0.29, 0.717) is 6.04 Å². The molecule has 0 aromatic carbocycles. The van der Waals surface area contributed by atoms with Gasteiger partial charge in [0, 0.05) is 44.1 Å². The smallest absolute Gasteiger partial charge is 0.475 e. The van der Waals surface area contributed by atoms with Gasteiger partial charge >= 0.3 is 12.1 Å². The first-order valence-electron chi connectivity index (χ1n) is 9.77. The van der Waals surface area contributed by atoms with Gasteiger partial charge in [-0.3, -0.25) is 14.9 Å². The van der Waals surface area contributed by atoms with Gasteiger partial charge in [0.05, 0.1) is 30.1 Å². The van der Waals surface area contributed by atoms with Gasteiger partial charge in [0.25, 0.3) is 0 Å². The van der Waals surface area contributed by atoms with Crippen LogP contribution >= 0.6 is 0 Å². The molecule has 2 atom stereocenters. The van der Waals surface area contributed by atoms with Gasteiger partial charge in [-0.25, -0.2) is 9.78 Å². The molecule has 0 saturated carbocycles. The minimum Gasteiger partial charge on any atom is -0.475 e. The third-order valence-corrected chi connectivity index (χ3v) is 5.09. The zero-order valence-electron chi connectivity index (χ0n) is 17.0. The molecule has 2 fully saturated rings. The van der Waals surface area contributed by atoms with Crippen LogP contribution < -0.4 is 5.32 Å². The van der Waals surface area contributed by atoms with Crippen LogP contribution in [0, 0.1) is 6.92 Å². The molecule has 0 amide bonds. The Morgan fingerprint density at radius 3 is 2.81 bits per heavy atom. The van der Waals surface area contributed by atoms with E-state index in [9.17, 15) is 13.2 Å². The van der Waals surface area contributed by atoms with E-state index >= 15 is 0 Å². The number of aryl methyl sites for hydroxylation is 1. The molecule has 8 nitrogen and oxygen atoms in total. The Hall–Kier alpha value is -2.79. The Morgan fingerprint density at radius 1 is 1.39 bits per heavy atom. The van der Waals surface area contributed by atoms with Gasteiger partial charge in [0.15, 0.2) is 0 Å². The van der Waals surface area contributed by atoms with Crippen LogP contribution in [0.4, 0.5) is 19.0 Å². The number of carboxylic acids is 1. The van der Waals surface area contributed by atoms with Crippen molar-refractivity contribution in [3.63, 3.8) is 0 Å². The standard InChI is InChI=1S/C18H23N5O.C2HF3O2/c1-14-3-2-4-15(21-14)11-23-8-5-18(13-23)9-16(12-24-18)22-17-10-19-6-7-20-17;3-2(4,5)1(6)7/h2-4,6-7,10,16H,5,8-9,11-13H2,1H3,(H,20,22);(H,6,7). The number of hydrogen-bond donors (Lipinski definition) is 2. The number of pyridine rings is 1. The first-order chi connectivity index (χ1) is 14.7. The quantitative estimate of drug-likeness (QED) is 0.750. The van der Waals surface area contributed by atoms with Crippen molar-refractivity contribution in [2.24, 2.45) is 0 Å². The maximum Gasteiger partial charge on any atom is 0.490 e. The highest BCUT2D eigenvalue weighted by Gasteiger charge is 2.45. The number of carbonyl (C=O) groups is 1. The molecule has 11 heteroatoms. The fourth-order valence-electron chi connectivity index (χ4n) is 3.78. The SMILES string of the molecule is Cc1cccc(CN2CCC3(CC(Nc4cnccn4)CO3)C2)n1.O=C(O)C(F)(F)F. The van der Waals surface area contributed by atoms with Gasteiger partial charge < -0.3 is 15.2 Å². The minimum absolute atomic E-state index is 0.0241. The lowest BCUT2D eigenvalue weighted by Gasteiger charge is -2.23. The lowest BCUT2D eigenvalue weighted by atomic mass is 9.97. The predicted molar refractivity (Wildman–Crippen MR) is 105 cm³/mol. The van der Waals surface area contributed by atoms with Crippen molar-refractivity contribution < 1.29 is 27.8 Å². The summed E-state index contributed by atoms with van der Waals surface area (Å²) in [5, 5.41) is 10.6. The highest BCUT2D eigenvalue weighted by atomic mass is 19.4. The number of aromatic nitrogens is 3. The van der Waals surface area contributed by atoms with E-state index in [-0.39, 0.29) is 5.60 Å². The normalized spacial score (nSPS) is 23.4. The average Bonchev–Trinajstić information content (AvgIpc) is 3.28. The van der Waals surface area contributed by atoms with E-state index in [1.807, 2.05) is 13.0 Å². The third-order valence-electron chi connectivity index (χ3n) is 5.09. The lowest BCUT2D eigenvalue weighted by Crippen LogP contribution is -2.33. The largest absolute Gasteiger partial charge is 0.490 e. The van der Waals surface area contributed by atoms with Gasteiger partial charge in [0.1, 0.15) is 5.82 Å². The van der Waals surface area contributed by atoms with Crippen molar-refractivity contribution >= 4 is 11.8 Å². The Labute approximate surface area is 177 Å². The molecule has 2 saturated heterocycles. The van der Waals surface area contributed by atoms with Crippen LogP contribution in [-0.2, 0) is 16.1 Å². The summed E-state index contributed by atoms with van der Waals surface area (Å²) >= 11 is 0. The van der Waals surface area contributed by atoms with E-state index in [2.05, 4.69) is 37.3 Å². The maximum absolute atomic E-state index is 10.6. The van der Waals surface area contributed by atoms with Crippen LogP contribution in [0.2, 0.25) is 0 Å². The minimum atomic E-state index is -5.08. The number of hydrogen-bond acceptors (Lipinski definition) is 7. The summed E-state index contributed by atoms with van der Waals surface area (Å²) in [5.74, 6) is -1.94. The monoisotopic (exact) mass is 439 g/mol. The molecule has 2 aromatic heterocycles. The molecular formula is C20H24F3N5O3. The van der Waals surface area contributed by atoms with Crippen molar-refractivity contribution in [2.75, 3.05) is 25.0 Å². The number of nitrogens with zero attached hydrogens (tertiary/aromatic N) is 4. The van der Waals surface area contributed by atoms with Crippen molar-refractivity contribution in [1.29, 1.82) is 0 Å². The van der Waals surface area contributed by atoms with Gasteiger partial charge in [-0.2, -0.15) is 13.2 Å². The summed E-state index contributed by atoms with van der Waals surface area (Å²) in [4.78, 5) is 24.3. The highest BCUT2D eigenvalue weighted by Crippen LogP contribution is 2.36. The molecule has 2 aliphatic heterocycles. The summed E-state index contributed by atoms with van der Waals surface area (Å²) in [7, 11) is 0. The number of rotatable bonds is 4. The molecule has 31 heavy (non-hydrogen) atoms. The van der Waals surface area contributed by atoms with Crippen molar-refractivity contribution in [3.8, 4) is 0 Å². The molecule has 0 aliphatic carbocycles. The summed E-state index contributed by atoms with van der Waals surface area (Å²) in [6, 6.07) is 6.53. The third kappa shape index (κ3) is 6.59. The molecule has 4 rings (SSSR count). The molecular weight excluding hydrogens is 415 g/mol. The summed E-state index contributed by atoms with van der Waals surface area (Å²) < 4.78 is 37.9. The highest BCUT2D eigenvalue weighted by molar-refractivity contribution is 5.73. The molecule has 2 aromatic rings. The second-order valence-electron chi connectivity index (χ2n) is 7.66. The number of halogens is 3. The Morgan fingerprint density at radius 2 is 2.16 bits per heavy atom. The zero-order valence-corrected chi connectivity index (χ0v) is 17.0. The average molecular weight is 439 g/mol. The van der Waals surface area contributed by atoms with Crippen molar-refractivity contribution in [3.05, 3.63) is 48.2 Å². The van der Waals surface area contributed by atoms with Gasteiger partial charge in [-0.1, -0.05) is 6.07 Å². The number of likely N-dealkylation sites (tertiary alicyclic amines) is 1. The first-order valence-corrected chi connectivity index (χ1v) is 9.77.